The van der Waals surface area contributed by atoms with Crippen molar-refractivity contribution in [3.05, 3.63) is 86.1 Å². The predicted molar refractivity (Wildman–Crippen MR) is 151 cm³/mol. The summed E-state index contributed by atoms with van der Waals surface area (Å²) in [6.07, 6.45) is 1.46. The van der Waals surface area contributed by atoms with E-state index < -0.39 is 43.7 Å². The number of nitrogens with one attached hydrogen (secondary N) is 2. The number of ketones is 1. The molecule has 2 fully saturated rings. The number of nitro groups is 1. The lowest BCUT2D eigenvalue weighted by atomic mass is 9.82. The monoisotopic (exact) mass is 607 g/mol. The summed E-state index contributed by atoms with van der Waals surface area (Å²) in [7, 11) is -3.99. The predicted octanol–water partition coefficient (Wildman–Crippen LogP) is 2.14. The molecule has 224 valence electrons. The summed E-state index contributed by atoms with van der Waals surface area (Å²) in [5.74, 6) is -3.54. The maximum absolute atomic E-state index is 14.2. The second-order valence-corrected chi connectivity index (χ2v) is 13.8. The highest BCUT2D eigenvalue weighted by Crippen LogP contribution is 2.61. The standard InChI is InChI=1S/C29H29N5O8S/c1-14-10-19(14)16-6-7-20-22(12-16)42-29(37)24-18(4-3-5-21(24)34(38)39)26(35)28(20,29)32-27(36)25-15(2)11-23(31-25)43(40,41)33-9-8-17(30)13-33/h3-7,11-12,14,17,19,31,37H,8-10,13,30H2,1-2H3,(H,32,36)/t14?,17-,19?,28?,29?/m0/s1. The summed E-state index contributed by atoms with van der Waals surface area (Å²) in [4.78, 5) is 42.2. The van der Waals surface area contributed by atoms with Gasteiger partial charge in [-0.1, -0.05) is 31.2 Å². The van der Waals surface area contributed by atoms with E-state index in [0.29, 0.717) is 12.3 Å². The Morgan fingerprint density at radius 3 is 2.67 bits per heavy atom. The molecule has 0 bridgehead atoms. The number of fused-ring (bicyclic) bond motifs is 5. The van der Waals surface area contributed by atoms with Crippen LogP contribution in [-0.2, 0) is 21.3 Å². The SMILES string of the molecule is Cc1cc(S(=O)(=O)N2CC[C@H](N)C2)[nH]c1C(=O)NC12C(=O)c3cccc([N+](=O)[O-])c3C1(O)Oc1cc(C3CC3C)ccc12. The number of aromatic nitrogens is 1. The number of sulfonamides is 1. The number of carbonyl (C=O) groups is 2. The molecule has 1 saturated carbocycles. The summed E-state index contributed by atoms with van der Waals surface area (Å²) < 4.78 is 33.8. The Kier molecular flexibility index (Phi) is 5.77. The van der Waals surface area contributed by atoms with Gasteiger partial charge in [0.25, 0.3) is 27.4 Å². The highest BCUT2D eigenvalue weighted by atomic mass is 32.2. The molecule has 5 N–H and O–H groups in total. The lowest BCUT2D eigenvalue weighted by Crippen LogP contribution is -2.60. The van der Waals surface area contributed by atoms with Crippen molar-refractivity contribution < 1.29 is 32.8 Å². The largest absolute Gasteiger partial charge is 0.454 e. The molecule has 1 aromatic heterocycles. The van der Waals surface area contributed by atoms with E-state index in [9.17, 15) is 33.2 Å². The molecule has 1 amide bonds. The minimum absolute atomic E-state index is 0.119. The van der Waals surface area contributed by atoms with Crippen molar-refractivity contribution in [2.24, 2.45) is 11.7 Å². The first-order valence-corrected chi connectivity index (χ1v) is 15.4. The number of aryl methyl sites for hydroxylation is 1. The van der Waals surface area contributed by atoms with Crippen LogP contribution in [0.2, 0.25) is 0 Å². The summed E-state index contributed by atoms with van der Waals surface area (Å²) >= 11 is 0. The molecule has 3 heterocycles. The van der Waals surface area contributed by atoms with Crippen LogP contribution in [0.3, 0.4) is 0 Å². The number of carbonyl (C=O) groups excluding carboxylic acids is 2. The molecule has 43 heavy (non-hydrogen) atoms. The number of benzene rings is 2. The number of Topliss-reactive ketones (excluding diaryl/α,β-unsaturated/α-hetero) is 1. The first-order valence-electron chi connectivity index (χ1n) is 14.0. The van der Waals surface area contributed by atoms with E-state index in [2.05, 4.69) is 17.2 Å². The smallest absolute Gasteiger partial charge is 0.280 e. The van der Waals surface area contributed by atoms with Gasteiger partial charge in [-0.3, -0.25) is 19.7 Å². The molecule has 2 aliphatic carbocycles. The number of hydrogen-bond acceptors (Lipinski definition) is 9. The number of amides is 1. The highest BCUT2D eigenvalue weighted by molar-refractivity contribution is 7.89. The zero-order valence-corrected chi connectivity index (χ0v) is 24.1. The Balaban J connectivity index is 1.34. The lowest BCUT2D eigenvalue weighted by molar-refractivity contribution is -0.388. The van der Waals surface area contributed by atoms with Gasteiger partial charge in [0.15, 0.2) is 0 Å². The van der Waals surface area contributed by atoms with Gasteiger partial charge in [0.1, 0.15) is 22.0 Å². The Labute approximate surface area is 246 Å². The maximum Gasteiger partial charge on any atom is 0.280 e. The van der Waals surface area contributed by atoms with Gasteiger partial charge in [-0.15, -0.1) is 0 Å². The van der Waals surface area contributed by atoms with Crippen molar-refractivity contribution in [1.82, 2.24) is 14.6 Å². The van der Waals surface area contributed by atoms with Crippen molar-refractivity contribution in [3.8, 4) is 5.75 Å². The number of nitrogens with two attached hydrogens (primary N) is 1. The van der Waals surface area contributed by atoms with Crippen molar-refractivity contribution >= 4 is 27.4 Å². The summed E-state index contributed by atoms with van der Waals surface area (Å²) in [6.45, 7) is 4.00. The molecule has 5 atom stereocenters. The first kappa shape index (κ1) is 27.7. The Bertz CT molecular complexity index is 1870. The van der Waals surface area contributed by atoms with Crippen LogP contribution in [0.1, 0.15) is 68.8 Å². The topological polar surface area (TPSA) is 198 Å². The molecule has 2 aromatic carbocycles. The van der Waals surface area contributed by atoms with E-state index in [0.717, 1.165) is 18.1 Å². The van der Waals surface area contributed by atoms with E-state index in [1.165, 1.54) is 29.4 Å². The van der Waals surface area contributed by atoms with E-state index >= 15 is 0 Å². The average Bonchev–Trinajstić information content (AvgIpc) is 3.23. The van der Waals surface area contributed by atoms with Crippen LogP contribution < -0.4 is 15.8 Å². The molecule has 0 radical (unpaired) electrons. The highest BCUT2D eigenvalue weighted by Gasteiger charge is 2.73. The third-order valence-electron chi connectivity index (χ3n) is 9.20. The molecular weight excluding hydrogens is 578 g/mol. The second-order valence-electron chi connectivity index (χ2n) is 11.9. The van der Waals surface area contributed by atoms with Crippen LogP contribution in [0.5, 0.6) is 5.75 Å². The van der Waals surface area contributed by atoms with Crippen LogP contribution in [0.25, 0.3) is 0 Å². The van der Waals surface area contributed by atoms with Gasteiger partial charge >= 0.3 is 0 Å². The van der Waals surface area contributed by atoms with E-state index in [-0.39, 0.29) is 63.8 Å². The number of rotatable bonds is 6. The lowest BCUT2D eigenvalue weighted by Gasteiger charge is -2.34. The maximum atomic E-state index is 14.2. The normalized spacial score (nSPS) is 29.1. The molecule has 4 aliphatic rings. The Hall–Kier alpha value is -4.11. The van der Waals surface area contributed by atoms with Gasteiger partial charge in [0, 0.05) is 36.3 Å². The van der Waals surface area contributed by atoms with Gasteiger partial charge in [-0.25, -0.2) is 8.42 Å². The molecule has 2 aliphatic heterocycles. The van der Waals surface area contributed by atoms with Gasteiger partial charge in [0.05, 0.1) is 4.92 Å². The number of ether oxygens (including phenoxy) is 1. The van der Waals surface area contributed by atoms with Gasteiger partial charge in [-0.2, -0.15) is 4.31 Å². The minimum atomic E-state index is -3.99. The number of hydrogen-bond donors (Lipinski definition) is 4. The van der Waals surface area contributed by atoms with E-state index in [1.807, 2.05) is 0 Å². The van der Waals surface area contributed by atoms with Gasteiger partial charge < -0.3 is 25.9 Å². The van der Waals surface area contributed by atoms with Gasteiger partial charge in [0.2, 0.25) is 11.3 Å². The van der Waals surface area contributed by atoms with Crippen LogP contribution in [0, 0.1) is 23.0 Å². The summed E-state index contributed by atoms with van der Waals surface area (Å²) in [5.41, 5.74) is 3.71. The van der Waals surface area contributed by atoms with Crippen molar-refractivity contribution in [3.63, 3.8) is 0 Å². The fourth-order valence-corrected chi connectivity index (χ4v) is 8.35. The van der Waals surface area contributed by atoms with Crippen molar-refractivity contribution in [2.75, 3.05) is 13.1 Å². The Morgan fingerprint density at radius 2 is 2.02 bits per heavy atom. The number of aromatic amines is 1. The average molecular weight is 608 g/mol. The van der Waals surface area contributed by atoms with Crippen molar-refractivity contribution in [1.29, 1.82) is 0 Å². The van der Waals surface area contributed by atoms with Crippen LogP contribution in [0.15, 0.2) is 47.5 Å². The molecule has 13 nitrogen and oxygen atoms in total. The number of nitro benzene ring substituents is 1. The molecule has 0 spiro atoms. The third kappa shape index (κ3) is 3.70. The molecule has 3 aromatic rings. The molecule has 4 unspecified atom stereocenters. The van der Waals surface area contributed by atoms with E-state index in [4.69, 9.17) is 10.5 Å². The van der Waals surface area contributed by atoms with Gasteiger partial charge in [-0.05, 0) is 54.9 Å². The number of nitrogens with zero attached hydrogens (tertiary/aromatic N) is 2. The minimum Gasteiger partial charge on any atom is -0.454 e. The zero-order valence-electron chi connectivity index (χ0n) is 23.3. The fraction of sp³-hybridized carbons (Fsp3) is 0.379. The van der Waals surface area contributed by atoms with Crippen LogP contribution >= 0.6 is 0 Å². The number of aliphatic hydroxyl groups is 1. The molecule has 1 saturated heterocycles. The Morgan fingerprint density at radius 1 is 1.28 bits per heavy atom. The summed E-state index contributed by atoms with van der Waals surface area (Å²) in [6, 6.07) is 9.92. The summed E-state index contributed by atoms with van der Waals surface area (Å²) in [5, 5.41) is 26.7. The van der Waals surface area contributed by atoms with Crippen molar-refractivity contribution in [2.45, 2.75) is 55.0 Å². The quantitative estimate of drug-likeness (QED) is 0.239. The first-order chi connectivity index (χ1) is 20.3. The van der Waals surface area contributed by atoms with Crippen LogP contribution in [0.4, 0.5) is 5.69 Å². The third-order valence-corrected chi connectivity index (χ3v) is 11.0. The fourth-order valence-electron chi connectivity index (χ4n) is 6.78. The van der Waals surface area contributed by atoms with E-state index in [1.54, 1.807) is 18.2 Å². The zero-order chi connectivity index (χ0) is 30.6. The molecular formula is C29H29N5O8S. The second kappa shape index (κ2) is 8.95. The number of H-pyrrole nitrogens is 1. The molecule has 14 heteroatoms. The van der Waals surface area contributed by atoms with Crippen LogP contribution in [-0.4, -0.2) is 58.6 Å². The molecule has 7 rings (SSSR count).